The summed E-state index contributed by atoms with van der Waals surface area (Å²) in [4.78, 5) is 16.9. The summed E-state index contributed by atoms with van der Waals surface area (Å²) >= 11 is 6.14. The molecule has 3 aromatic rings. The van der Waals surface area contributed by atoms with E-state index in [0.717, 1.165) is 18.7 Å². The molecule has 7 heteroatoms. The van der Waals surface area contributed by atoms with Gasteiger partial charge >= 0.3 is 0 Å². The van der Waals surface area contributed by atoms with Gasteiger partial charge in [0, 0.05) is 47.7 Å². The highest BCUT2D eigenvalue weighted by molar-refractivity contribution is 7.83. The molecule has 1 atom stereocenters. The number of carbonyl (C=O) groups is 1. The number of hydrogen-bond acceptors (Lipinski definition) is 4. The number of anilines is 1. The second-order valence-electron chi connectivity index (χ2n) is 7.20. The van der Waals surface area contributed by atoms with E-state index in [2.05, 4.69) is 17.0 Å². The Balaban J connectivity index is 1.32. The molecule has 0 aliphatic carbocycles. The first-order valence-corrected chi connectivity index (χ1v) is 11.7. The molecule has 2 heterocycles. The van der Waals surface area contributed by atoms with Gasteiger partial charge in [0.1, 0.15) is 5.76 Å². The zero-order valence-corrected chi connectivity index (χ0v) is 18.1. The summed E-state index contributed by atoms with van der Waals surface area (Å²) in [5.74, 6) is 1.33. The van der Waals surface area contributed by atoms with Crippen molar-refractivity contribution < 1.29 is 13.4 Å². The van der Waals surface area contributed by atoms with Crippen molar-refractivity contribution in [2.75, 3.05) is 31.1 Å². The maximum absolute atomic E-state index is 12.8. The van der Waals surface area contributed by atoms with Crippen LogP contribution in [0.4, 0.5) is 5.69 Å². The van der Waals surface area contributed by atoms with Crippen LogP contribution in [0.1, 0.15) is 21.9 Å². The van der Waals surface area contributed by atoms with Crippen LogP contribution in [0.25, 0.3) is 0 Å². The minimum absolute atomic E-state index is 0.120. The van der Waals surface area contributed by atoms with Gasteiger partial charge in [-0.2, -0.15) is 0 Å². The molecule has 0 N–H and O–H groups in total. The molecule has 0 unspecified atom stereocenters. The number of benzene rings is 2. The molecule has 0 radical (unpaired) electrons. The lowest BCUT2D eigenvalue weighted by Crippen LogP contribution is -2.48. The largest absolute Gasteiger partial charge is 0.455 e. The summed E-state index contributed by atoms with van der Waals surface area (Å²) < 4.78 is 18.2. The number of halogens is 1. The third-order valence-electron chi connectivity index (χ3n) is 5.14. The molecule has 1 amide bonds. The number of carbonyl (C=O) groups excluding carboxylic acids is 1. The Hall–Kier alpha value is -2.57. The standard InChI is InChI=1S/C23H23ClN2O3S/c24-21-9-5-4-6-18(21)16-30(28)17-20-10-11-22(29-20)23(27)26-14-12-25(13-15-26)19-7-2-1-3-8-19/h1-11H,12-17H2/t30-/m0/s1. The van der Waals surface area contributed by atoms with Crippen molar-refractivity contribution in [1.82, 2.24) is 4.90 Å². The van der Waals surface area contributed by atoms with Gasteiger partial charge in [-0.25, -0.2) is 0 Å². The van der Waals surface area contributed by atoms with Gasteiger partial charge in [0.05, 0.1) is 11.5 Å². The van der Waals surface area contributed by atoms with Crippen molar-refractivity contribution in [2.45, 2.75) is 11.5 Å². The molecule has 1 aromatic heterocycles. The van der Waals surface area contributed by atoms with Crippen LogP contribution in [0.5, 0.6) is 0 Å². The molecule has 1 fully saturated rings. The minimum Gasteiger partial charge on any atom is -0.455 e. The average molecular weight is 443 g/mol. The Labute approximate surface area is 183 Å². The first-order valence-electron chi connectivity index (χ1n) is 9.86. The van der Waals surface area contributed by atoms with Gasteiger partial charge in [-0.05, 0) is 35.9 Å². The molecule has 1 saturated heterocycles. The molecule has 5 nitrogen and oxygen atoms in total. The van der Waals surface area contributed by atoms with Gasteiger partial charge in [0.15, 0.2) is 5.76 Å². The molecule has 30 heavy (non-hydrogen) atoms. The number of furan rings is 1. The topological polar surface area (TPSA) is 53.8 Å². The summed E-state index contributed by atoms with van der Waals surface area (Å²) in [5.41, 5.74) is 2.02. The molecule has 2 aromatic carbocycles. The number of hydrogen-bond donors (Lipinski definition) is 0. The number of para-hydroxylation sites is 1. The zero-order valence-electron chi connectivity index (χ0n) is 16.5. The predicted molar refractivity (Wildman–Crippen MR) is 120 cm³/mol. The average Bonchev–Trinajstić information content (AvgIpc) is 3.24. The van der Waals surface area contributed by atoms with Crippen LogP contribution in [-0.2, 0) is 22.3 Å². The molecule has 4 rings (SSSR count). The third kappa shape index (κ3) is 4.94. The van der Waals surface area contributed by atoms with Crippen molar-refractivity contribution in [1.29, 1.82) is 0 Å². The van der Waals surface area contributed by atoms with Gasteiger partial charge < -0.3 is 14.2 Å². The fraction of sp³-hybridized carbons (Fsp3) is 0.261. The number of nitrogens with zero attached hydrogens (tertiary/aromatic N) is 2. The fourth-order valence-corrected chi connectivity index (χ4v) is 4.99. The maximum Gasteiger partial charge on any atom is 0.289 e. The molecule has 0 bridgehead atoms. The van der Waals surface area contributed by atoms with E-state index in [4.69, 9.17) is 16.0 Å². The van der Waals surface area contributed by atoms with Crippen LogP contribution in [0.3, 0.4) is 0 Å². The molecule has 156 valence electrons. The SMILES string of the molecule is O=C(c1ccc(C[S@@](=O)Cc2ccccc2Cl)o1)N1CCN(c2ccccc2)CC1. The van der Waals surface area contributed by atoms with E-state index >= 15 is 0 Å². The first-order chi connectivity index (χ1) is 14.6. The fourth-order valence-electron chi connectivity index (χ4n) is 3.53. The highest BCUT2D eigenvalue weighted by Gasteiger charge is 2.24. The molecule has 0 spiro atoms. The van der Waals surface area contributed by atoms with Gasteiger partial charge in [-0.3, -0.25) is 9.00 Å². The van der Waals surface area contributed by atoms with Gasteiger partial charge in [-0.1, -0.05) is 48.0 Å². The number of piperazine rings is 1. The van der Waals surface area contributed by atoms with Gasteiger partial charge in [0.25, 0.3) is 5.91 Å². The van der Waals surface area contributed by atoms with E-state index in [1.807, 2.05) is 41.3 Å². The lowest BCUT2D eigenvalue weighted by molar-refractivity contribution is 0.0713. The van der Waals surface area contributed by atoms with Gasteiger partial charge in [-0.15, -0.1) is 0 Å². The van der Waals surface area contributed by atoms with E-state index in [9.17, 15) is 9.00 Å². The maximum atomic E-state index is 12.8. The van der Waals surface area contributed by atoms with Crippen LogP contribution in [-0.4, -0.2) is 41.2 Å². The molecule has 1 aliphatic heterocycles. The molecular formula is C23H23ClN2O3S. The summed E-state index contributed by atoms with van der Waals surface area (Å²) in [7, 11) is -1.17. The van der Waals surface area contributed by atoms with Gasteiger partial charge in [0.2, 0.25) is 0 Å². The van der Waals surface area contributed by atoms with Crippen LogP contribution < -0.4 is 4.90 Å². The summed E-state index contributed by atoms with van der Waals surface area (Å²) in [5, 5.41) is 0.607. The van der Waals surface area contributed by atoms with E-state index in [0.29, 0.717) is 35.4 Å². The lowest BCUT2D eigenvalue weighted by atomic mass is 10.2. The second kappa shape index (κ2) is 9.49. The van der Waals surface area contributed by atoms with Crippen LogP contribution in [0, 0.1) is 0 Å². The summed E-state index contributed by atoms with van der Waals surface area (Å²) in [6.07, 6.45) is 0. The second-order valence-corrected chi connectivity index (χ2v) is 9.06. The van der Waals surface area contributed by atoms with E-state index in [1.54, 1.807) is 18.2 Å². The smallest absolute Gasteiger partial charge is 0.289 e. The van der Waals surface area contributed by atoms with Crippen LogP contribution >= 0.6 is 11.6 Å². The van der Waals surface area contributed by atoms with E-state index < -0.39 is 10.8 Å². The Bertz CT molecular complexity index is 1030. The molecule has 0 saturated carbocycles. The zero-order chi connectivity index (χ0) is 20.9. The third-order valence-corrected chi connectivity index (χ3v) is 6.75. The van der Waals surface area contributed by atoms with Crippen LogP contribution in [0.15, 0.2) is 71.1 Å². The molecular weight excluding hydrogens is 420 g/mol. The predicted octanol–water partition coefficient (Wildman–Crippen LogP) is 4.34. The number of rotatable bonds is 6. The first kappa shape index (κ1) is 20.7. The highest BCUT2D eigenvalue weighted by atomic mass is 35.5. The van der Waals surface area contributed by atoms with Crippen molar-refractivity contribution in [3.8, 4) is 0 Å². The highest BCUT2D eigenvalue weighted by Crippen LogP contribution is 2.20. The van der Waals surface area contributed by atoms with Crippen LogP contribution in [0.2, 0.25) is 5.02 Å². The molecule has 1 aliphatic rings. The Kier molecular flexibility index (Phi) is 6.55. The monoisotopic (exact) mass is 442 g/mol. The lowest BCUT2D eigenvalue weighted by Gasteiger charge is -2.35. The van der Waals surface area contributed by atoms with Crippen molar-refractivity contribution in [3.63, 3.8) is 0 Å². The van der Waals surface area contributed by atoms with E-state index in [1.165, 1.54) is 5.69 Å². The Morgan fingerprint density at radius 2 is 1.60 bits per heavy atom. The summed E-state index contributed by atoms with van der Waals surface area (Å²) in [6.45, 7) is 2.85. The quantitative estimate of drug-likeness (QED) is 0.569. The summed E-state index contributed by atoms with van der Waals surface area (Å²) in [6, 6.07) is 21.0. The van der Waals surface area contributed by atoms with E-state index in [-0.39, 0.29) is 11.7 Å². The van der Waals surface area contributed by atoms with Crippen molar-refractivity contribution in [3.05, 3.63) is 88.8 Å². The Morgan fingerprint density at radius 1 is 0.900 bits per heavy atom. The Morgan fingerprint density at radius 3 is 2.33 bits per heavy atom. The minimum atomic E-state index is -1.17. The normalized spacial score (nSPS) is 15.2. The van der Waals surface area contributed by atoms with Crippen molar-refractivity contribution in [2.24, 2.45) is 0 Å². The van der Waals surface area contributed by atoms with Crippen molar-refractivity contribution >= 4 is 34.0 Å². The number of amides is 1.